The maximum absolute atomic E-state index is 5.44. The Morgan fingerprint density at radius 1 is 0.271 bits per heavy atom. The first-order valence-corrected chi connectivity index (χ1v) is 19.9. The minimum Gasteiger partial charge on any atom is -0.308 e. The molecule has 2 heterocycles. The third-order valence-corrected chi connectivity index (χ3v) is 11.2. The molecule has 0 saturated heterocycles. The minimum absolute atomic E-state index is 0.608. The highest BCUT2D eigenvalue weighted by Crippen LogP contribution is 2.44. The Balaban J connectivity index is 1.24. The smallest absolute Gasteiger partial charge is 0.166 e. The molecule has 4 heteroatoms. The van der Waals surface area contributed by atoms with E-state index in [0.29, 0.717) is 17.5 Å². The van der Waals surface area contributed by atoms with Crippen LogP contribution in [-0.2, 0) is 0 Å². The van der Waals surface area contributed by atoms with Crippen LogP contribution in [0.4, 0.5) is 0 Å². The molecule has 4 nitrogen and oxygen atoms in total. The van der Waals surface area contributed by atoms with Crippen molar-refractivity contribution in [3.63, 3.8) is 0 Å². The lowest BCUT2D eigenvalue weighted by Crippen LogP contribution is -2.05. The van der Waals surface area contributed by atoms with Crippen molar-refractivity contribution in [3.8, 4) is 73.2 Å². The van der Waals surface area contributed by atoms with Gasteiger partial charge in [0, 0.05) is 21.9 Å². The number of para-hydroxylation sites is 2. The number of benzene rings is 9. The SMILES string of the molecule is c1ccc(-c2cccc(-c3nc(-c4ccccc4)nc(-c4c(-n5c6ccccc6c6ccccc65)cc(-c5cccc(-c6ccccc6)c5)c5ccccc45)n3)c2)cc1. The monoisotopic (exact) mass is 752 g/mol. The van der Waals surface area contributed by atoms with Gasteiger partial charge in [0.05, 0.1) is 22.3 Å². The fourth-order valence-electron chi connectivity index (χ4n) is 8.49. The molecule has 0 aliphatic carbocycles. The Bertz CT molecular complexity index is 3260. The summed E-state index contributed by atoms with van der Waals surface area (Å²) in [5.74, 6) is 1.84. The van der Waals surface area contributed by atoms with Crippen molar-refractivity contribution in [2.75, 3.05) is 0 Å². The predicted octanol–water partition coefficient (Wildman–Crippen LogP) is 14.1. The lowest BCUT2D eigenvalue weighted by atomic mass is 9.91. The van der Waals surface area contributed by atoms with E-state index < -0.39 is 0 Å². The van der Waals surface area contributed by atoms with E-state index in [0.717, 1.165) is 66.4 Å². The Morgan fingerprint density at radius 2 is 0.678 bits per heavy atom. The van der Waals surface area contributed by atoms with Gasteiger partial charge in [0.2, 0.25) is 0 Å². The maximum atomic E-state index is 5.44. The summed E-state index contributed by atoms with van der Waals surface area (Å²) in [7, 11) is 0. The lowest BCUT2D eigenvalue weighted by Gasteiger charge is -2.20. The van der Waals surface area contributed by atoms with Crippen molar-refractivity contribution in [2.24, 2.45) is 0 Å². The molecule has 0 atom stereocenters. The average Bonchev–Trinajstić information content (AvgIpc) is 3.66. The van der Waals surface area contributed by atoms with Gasteiger partial charge in [-0.2, -0.15) is 0 Å². The summed E-state index contributed by atoms with van der Waals surface area (Å²) in [6, 6.07) is 77.0. The molecule has 0 amide bonds. The molecule has 0 saturated carbocycles. The molecule has 11 rings (SSSR count). The lowest BCUT2D eigenvalue weighted by molar-refractivity contribution is 1.07. The zero-order valence-corrected chi connectivity index (χ0v) is 32.1. The Labute approximate surface area is 342 Å². The highest BCUT2D eigenvalue weighted by atomic mass is 15.1. The zero-order valence-electron chi connectivity index (χ0n) is 32.1. The van der Waals surface area contributed by atoms with E-state index in [-0.39, 0.29) is 0 Å². The molecule has 0 fully saturated rings. The number of aromatic nitrogens is 4. The van der Waals surface area contributed by atoms with Gasteiger partial charge in [-0.1, -0.05) is 188 Å². The number of hydrogen-bond acceptors (Lipinski definition) is 3. The largest absolute Gasteiger partial charge is 0.308 e. The summed E-state index contributed by atoms with van der Waals surface area (Å²) in [4.78, 5) is 16.0. The highest BCUT2D eigenvalue weighted by Gasteiger charge is 2.24. The quantitative estimate of drug-likeness (QED) is 0.163. The normalized spacial score (nSPS) is 11.4. The summed E-state index contributed by atoms with van der Waals surface area (Å²) in [5, 5.41) is 4.55. The second-order valence-electron chi connectivity index (χ2n) is 14.8. The summed E-state index contributed by atoms with van der Waals surface area (Å²) in [6.45, 7) is 0. The number of hydrogen-bond donors (Lipinski definition) is 0. The molecule has 0 bridgehead atoms. The summed E-state index contributed by atoms with van der Waals surface area (Å²) >= 11 is 0. The van der Waals surface area contributed by atoms with Crippen LogP contribution in [0, 0.1) is 0 Å². The van der Waals surface area contributed by atoms with E-state index in [1.807, 2.05) is 24.3 Å². The Hall–Kier alpha value is -7.95. The maximum Gasteiger partial charge on any atom is 0.166 e. The molecular formula is C55H36N4. The van der Waals surface area contributed by atoms with E-state index in [2.05, 4.69) is 199 Å². The summed E-state index contributed by atoms with van der Waals surface area (Å²) in [6.07, 6.45) is 0. The van der Waals surface area contributed by atoms with Crippen molar-refractivity contribution in [1.82, 2.24) is 19.5 Å². The summed E-state index contributed by atoms with van der Waals surface area (Å²) < 4.78 is 2.40. The molecule has 9 aromatic carbocycles. The predicted molar refractivity (Wildman–Crippen MR) is 244 cm³/mol. The fraction of sp³-hybridized carbons (Fsp3) is 0. The second kappa shape index (κ2) is 14.5. The fourth-order valence-corrected chi connectivity index (χ4v) is 8.49. The first-order chi connectivity index (χ1) is 29.3. The summed E-state index contributed by atoms with van der Waals surface area (Å²) in [5.41, 5.74) is 12.9. The Morgan fingerprint density at radius 3 is 1.27 bits per heavy atom. The van der Waals surface area contributed by atoms with Crippen LogP contribution in [0.5, 0.6) is 0 Å². The van der Waals surface area contributed by atoms with E-state index in [4.69, 9.17) is 15.0 Å². The average molecular weight is 753 g/mol. The molecule has 276 valence electrons. The molecule has 2 aromatic heterocycles. The minimum atomic E-state index is 0.608. The number of fused-ring (bicyclic) bond motifs is 4. The molecule has 0 spiro atoms. The standard InChI is InChI=1S/C55H36N4/c1-4-18-37(19-5-1)40-24-16-26-42(34-40)48-36-51(59-49-32-14-12-29-45(49)46-30-13-15-33-50(46)59)52(47-31-11-10-28-44(47)48)55-57-53(39-22-8-3-9-23-39)56-54(58-55)43-27-17-25-41(35-43)38-20-6-2-7-21-38/h1-36H. The van der Waals surface area contributed by atoms with Gasteiger partial charge in [0.25, 0.3) is 0 Å². The number of nitrogens with zero attached hydrogens (tertiary/aromatic N) is 4. The van der Waals surface area contributed by atoms with E-state index in [1.54, 1.807) is 0 Å². The topological polar surface area (TPSA) is 43.6 Å². The molecule has 59 heavy (non-hydrogen) atoms. The van der Waals surface area contributed by atoms with Gasteiger partial charge in [-0.3, -0.25) is 0 Å². The van der Waals surface area contributed by atoms with E-state index in [1.165, 1.54) is 21.9 Å². The van der Waals surface area contributed by atoms with Crippen molar-refractivity contribution in [2.45, 2.75) is 0 Å². The third-order valence-electron chi connectivity index (χ3n) is 11.2. The van der Waals surface area contributed by atoms with Crippen LogP contribution in [0.3, 0.4) is 0 Å². The first-order valence-electron chi connectivity index (χ1n) is 19.9. The molecule has 0 unspecified atom stereocenters. The number of rotatable bonds is 7. The van der Waals surface area contributed by atoms with Crippen LogP contribution in [0.25, 0.3) is 106 Å². The van der Waals surface area contributed by atoms with Crippen LogP contribution in [0.1, 0.15) is 0 Å². The molecule has 0 aliphatic heterocycles. The van der Waals surface area contributed by atoms with Crippen molar-refractivity contribution < 1.29 is 0 Å². The Kier molecular flexibility index (Phi) is 8.45. The molecular weight excluding hydrogens is 717 g/mol. The van der Waals surface area contributed by atoms with Gasteiger partial charge in [0.1, 0.15) is 0 Å². The first kappa shape index (κ1) is 34.3. The van der Waals surface area contributed by atoms with Crippen LogP contribution >= 0.6 is 0 Å². The van der Waals surface area contributed by atoms with Gasteiger partial charge >= 0.3 is 0 Å². The van der Waals surface area contributed by atoms with Crippen LogP contribution < -0.4 is 0 Å². The van der Waals surface area contributed by atoms with E-state index in [9.17, 15) is 0 Å². The second-order valence-corrected chi connectivity index (χ2v) is 14.8. The van der Waals surface area contributed by atoms with Crippen LogP contribution in [0.2, 0.25) is 0 Å². The van der Waals surface area contributed by atoms with Gasteiger partial charge in [0.15, 0.2) is 17.5 Å². The third kappa shape index (κ3) is 6.15. The van der Waals surface area contributed by atoms with E-state index >= 15 is 0 Å². The molecule has 0 aliphatic rings. The van der Waals surface area contributed by atoms with Crippen LogP contribution in [0.15, 0.2) is 218 Å². The highest BCUT2D eigenvalue weighted by molar-refractivity contribution is 6.13. The van der Waals surface area contributed by atoms with Gasteiger partial charge in [-0.05, 0) is 74.5 Å². The molecule has 0 N–H and O–H groups in total. The van der Waals surface area contributed by atoms with Gasteiger partial charge < -0.3 is 4.57 Å². The van der Waals surface area contributed by atoms with Crippen molar-refractivity contribution in [3.05, 3.63) is 218 Å². The molecule has 0 radical (unpaired) electrons. The van der Waals surface area contributed by atoms with Crippen molar-refractivity contribution >= 4 is 32.6 Å². The van der Waals surface area contributed by atoms with Crippen LogP contribution in [-0.4, -0.2) is 19.5 Å². The molecule has 11 aromatic rings. The van der Waals surface area contributed by atoms with Crippen molar-refractivity contribution in [1.29, 1.82) is 0 Å². The van der Waals surface area contributed by atoms with Gasteiger partial charge in [-0.15, -0.1) is 0 Å². The zero-order chi connectivity index (χ0) is 39.1. The van der Waals surface area contributed by atoms with Gasteiger partial charge in [-0.25, -0.2) is 15.0 Å².